The van der Waals surface area contributed by atoms with Crippen LogP contribution >= 0.6 is 0 Å². The maximum Gasteiger partial charge on any atom is 0.209 e. The highest BCUT2D eigenvalue weighted by atomic mass is 32.2. The number of methoxy groups -OCH3 is 1. The molecule has 5 nitrogen and oxygen atoms in total. The van der Waals surface area contributed by atoms with Crippen LogP contribution in [0.4, 0.5) is 0 Å². The first-order valence-electron chi connectivity index (χ1n) is 5.18. The number of primary sulfonamides is 1. The molecule has 0 saturated carbocycles. The van der Waals surface area contributed by atoms with Crippen molar-refractivity contribution in [1.29, 1.82) is 0 Å². The minimum absolute atomic E-state index is 0.0951. The van der Waals surface area contributed by atoms with Crippen LogP contribution in [0.5, 0.6) is 11.5 Å². The van der Waals surface area contributed by atoms with Crippen LogP contribution in [0.2, 0.25) is 0 Å². The molecule has 0 aliphatic carbocycles. The number of sulfonamides is 1. The van der Waals surface area contributed by atoms with Gasteiger partial charge in [-0.1, -0.05) is 19.1 Å². The summed E-state index contributed by atoms with van der Waals surface area (Å²) in [5.74, 6) is 0.948. The van der Waals surface area contributed by atoms with Crippen LogP contribution in [-0.2, 0) is 10.0 Å². The van der Waals surface area contributed by atoms with Crippen LogP contribution in [0.1, 0.15) is 6.92 Å². The monoisotopic (exact) mass is 259 g/mol. The first-order chi connectivity index (χ1) is 7.92. The van der Waals surface area contributed by atoms with E-state index in [9.17, 15) is 8.42 Å². The Hall–Kier alpha value is -1.27. The average molecular weight is 259 g/mol. The molecule has 0 aliphatic rings. The molecular formula is C11H17NO4S. The molecule has 1 aromatic carbocycles. The maximum absolute atomic E-state index is 10.9. The van der Waals surface area contributed by atoms with Gasteiger partial charge in [0.2, 0.25) is 10.0 Å². The van der Waals surface area contributed by atoms with E-state index < -0.39 is 10.0 Å². The Kier molecular flexibility index (Phi) is 4.77. The zero-order valence-corrected chi connectivity index (χ0v) is 10.7. The Bertz CT molecular complexity index is 458. The van der Waals surface area contributed by atoms with Crippen LogP contribution in [0, 0.1) is 5.92 Å². The Morgan fingerprint density at radius 3 is 2.41 bits per heavy atom. The van der Waals surface area contributed by atoms with Crippen molar-refractivity contribution in [3.63, 3.8) is 0 Å². The van der Waals surface area contributed by atoms with Crippen molar-refractivity contribution in [2.75, 3.05) is 19.5 Å². The van der Waals surface area contributed by atoms with Gasteiger partial charge in [0.15, 0.2) is 11.5 Å². The lowest BCUT2D eigenvalue weighted by Gasteiger charge is -2.14. The van der Waals surface area contributed by atoms with Gasteiger partial charge in [0, 0.05) is 5.92 Å². The largest absolute Gasteiger partial charge is 0.493 e. The Labute approximate surface area is 102 Å². The van der Waals surface area contributed by atoms with Gasteiger partial charge in [-0.25, -0.2) is 13.6 Å². The molecule has 0 aromatic heterocycles. The Balaban J connectivity index is 2.55. The fourth-order valence-electron chi connectivity index (χ4n) is 1.41. The lowest BCUT2D eigenvalue weighted by Crippen LogP contribution is -2.25. The summed E-state index contributed by atoms with van der Waals surface area (Å²) in [6.07, 6.45) is 0. The van der Waals surface area contributed by atoms with Crippen LogP contribution < -0.4 is 14.6 Å². The molecule has 0 fully saturated rings. The summed E-state index contributed by atoms with van der Waals surface area (Å²) in [6.45, 7) is 2.04. The highest BCUT2D eigenvalue weighted by Gasteiger charge is 2.12. The third-order valence-corrected chi connectivity index (χ3v) is 3.14. The molecule has 96 valence electrons. The average Bonchev–Trinajstić information content (AvgIpc) is 2.24. The van der Waals surface area contributed by atoms with Gasteiger partial charge in [-0.3, -0.25) is 0 Å². The van der Waals surface area contributed by atoms with E-state index in [1.54, 1.807) is 26.2 Å². The number of ether oxygens (including phenoxy) is 2. The molecule has 0 heterocycles. The number of nitrogens with two attached hydrogens (primary N) is 1. The highest BCUT2D eigenvalue weighted by molar-refractivity contribution is 7.89. The molecule has 17 heavy (non-hydrogen) atoms. The Morgan fingerprint density at radius 2 is 1.88 bits per heavy atom. The first kappa shape index (κ1) is 13.8. The maximum atomic E-state index is 10.9. The Morgan fingerprint density at radius 1 is 1.29 bits per heavy atom. The standard InChI is InChI=1S/C11H17NO4S/c1-9(8-17(12,13)14)7-16-11-6-4-3-5-10(11)15-2/h3-6,9H,7-8H2,1-2H3,(H2,12,13,14). The quantitative estimate of drug-likeness (QED) is 0.826. The fraction of sp³-hybridized carbons (Fsp3) is 0.455. The van der Waals surface area contributed by atoms with Crippen LogP contribution in [-0.4, -0.2) is 27.9 Å². The molecular weight excluding hydrogens is 242 g/mol. The molecule has 0 amide bonds. The summed E-state index contributed by atoms with van der Waals surface area (Å²) in [4.78, 5) is 0. The lowest BCUT2D eigenvalue weighted by atomic mass is 10.2. The van der Waals surface area contributed by atoms with Crippen molar-refractivity contribution in [3.8, 4) is 11.5 Å². The van der Waals surface area contributed by atoms with Gasteiger partial charge in [-0.2, -0.15) is 0 Å². The molecule has 1 aromatic rings. The van der Waals surface area contributed by atoms with Crippen molar-refractivity contribution in [2.24, 2.45) is 11.1 Å². The molecule has 0 radical (unpaired) electrons. The van der Waals surface area contributed by atoms with Gasteiger partial charge in [0.05, 0.1) is 19.5 Å². The van der Waals surface area contributed by atoms with Crippen molar-refractivity contribution < 1.29 is 17.9 Å². The second kappa shape index (κ2) is 5.88. The van der Waals surface area contributed by atoms with Crippen LogP contribution in [0.15, 0.2) is 24.3 Å². The molecule has 1 unspecified atom stereocenters. The van der Waals surface area contributed by atoms with E-state index in [4.69, 9.17) is 14.6 Å². The molecule has 6 heteroatoms. The third kappa shape index (κ3) is 5.06. The lowest BCUT2D eigenvalue weighted by molar-refractivity contribution is 0.257. The molecule has 1 rings (SSSR count). The van der Waals surface area contributed by atoms with E-state index in [2.05, 4.69) is 0 Å². The predicted octanol–water partition coefficient (Wildman–Crippen LogP) is 0.999. The fourth-order valence-corrected chi connectivity index (χ4v) is 2.30. The minimum Gasteiger partial charge on any atom is -0.493 e. The number of benzene rings is 1. The van der Waals surface area contributed by atoms with E-state index in [1.165, 1.54) is 0 Å². The van der Waals surface area contributed by atoms with Crippen molar-refractivity contribution in [3.05, 3.63) is 24.3 Å². The molecule has 0 saturated heterocycles. The normalized spacial score (nSPS) is 13.1. The zero-order valence-electron chi connectivity index (χ0n) is 9.92. The SMILES string of the molecule is COc1ccccc1OCC(C)CS(N)(=O)=O. The van der Waals surface area contributed by atoms with E-state index >= 15 is 0 Å². The molecule has 0 aliphatic heterocycles. The minimum atomic E-state index is -3.45. The topological polar surface area (TPSA) is 78.6 Å². The van der Waals surface area contributed by atoms with Crippen molar-refractivity contribution in [1.82, 2.24) is 0 Å². The van der Waals surface area contributed by atoms with Gasteiger partial charge in [0.25, 0.3) is 0 Å². The second-order valence-electron chi connectivity index (χ2n) is 3.90. The van der Waals surface area contributed by atoms with E-state index in [0.717, 1.165) is 0 Å². The predicted molar refractivity (Wildman–Crippen MR) is 65.6 cm³/mol. The summed E-state index contributed by atoms with van der Waals surface area (Å²) in [7, 11) is -1.90. The molecule has 2 N–H and O–H groups in total. The second-order valence-corrected chi connectivity index (χ2v) is 5.56. The van der Waals surface area contributed by atoms with Gasteiger partial charge in [-0.15, -0.1) is 0 Å². The highest BCUT2D eigenvalue weighted by Crippen LogP contribution is 2.26. The number of hydrogen-bond acceptors (Lipinski definition) is 4. The van der Waals surface area contributed by atoms with E-state index in [0.29, 0.717) is 11.5 Å². The summed E-state index contributed by atoms with van der Waals surface area (Å²) >= 11 is 0. The van der Waals surface area contributed by atoms with Crippen LogP contribution in [0.25, 0.3) is 0 Å². The van der Waals surface area contributed by atoms with Crippen LogP contribution in [0.3, 0.4) is 0 Å². The number of para-hydroxylation sites is 2. The molecule has 0 bridgehead atoms. The molecule has 0 spiro atoms. The summed E-state index contributed by atoms with van der Waals surface area (Å²) in [5.41, 5.74) is 0. The van der Waals surface area contributed by atoms with Gasteiger partial charge < -0.3 is 9.47 Å². The zero-order chi connectivity index (χ0) is 12.9. The smallest absolute Gasteiger partial charge is 0.209 e. The third-order valence-electron chi connectivity index (χ3n) is 2.11. The summed E-state index contributed by atoms with van der Waals surface area (Å²) in [5, 5.41) is 4.95. The van der Waals surface area contributed by atoms with Crippen molar-refractivity contribution >= 4 is 10.0 Å². The van der Waals surface area contributed by atoms with Gasteiger partial charge in [-0.05, 0) is 12.1 Å². The van der Waals surface area contributed by atoms with Gasteiger partial charge >= 0.3 is 0 Å². The number of rotatable bonds is 6. The summed E-state index contributed by atoms with van der Waals surface area (Å²) in [6, 6.07) is 7.20. The molecule has 1 atom stereocenters. The first-order valence-corrected chi connectivity index (χ1v) is 6.90. The van der Waals surface area contributed by atoms with Gasteiger partial charge in [0.1, 0.15) is 0 Å². The summed E-state index contributed by atoms with van der Waals surface area (Å²) < 4.78 is 32.3. The number of hydrogen-bond donors (Lipinski definition) is 1. The van der Waals surface area contributed by atoms with E-state index in [-0.39, 0.29) is 18.3 Å². The van der Waals surface area contributed by atoms with Crippen molar-refractivity contribution in [2.45, 2.75) is 6.92 Å². The van der Waals surface area contributed by atoms with E-state index in [1.807, 2.05) is 12.1 Å².